The van der Waals surface area contributed by atoms with E-state index in [0.29, 0.717) is 18.2 Å². The first kappa shape index (κ1) is 14.6. The first-order chi connectivity index (χ1) is 9.58. The number of nitrogens with two attached hydrogens (primary N) is 1. The van der Waals surface area contributed by atoms with Crippen molar-refractivity contribution in [2.24, 2.45) is 5.73 Å². The number of hydrogen-bond donors (Lipinski definition) is 4. The first-order valence-corrected chi connectivity index (χ1v) is 6.78. The molecule has 1 aromatic carbocycles. The smallest absolute Gasteiger partial charge is 0.231 e. The van der Waals surface area contributed by atoms with E-state index < -0.39 is 0 Å². The van der Waals surface area contributed by atoms with Crippen molar-refractivity contribution in [2.75, 3.05) is 25.0 Å². The zero-order chi connectivity index (χ0) is 14.5. The Labute approximate surface area is 118 Å². The van der Waals surface area contributed by atoms with Gasteiger partial charge in [-0.15, -0.1) is 0 Å². The van der Waals surface area contributed by atoms with Gasteiger partial charge in [0.2, 0.25) is 5.91 Å². The van der Waals surface area contributed by atoms with Crippen LogP contribution in [0.5, 0.6) is 5.75 Å². The maximum absolute atomic E-state index is 10.9. The standard InChI is InChI=1S/C14H21N3O3/c15-14(20)8-17-5-3-11(4-6-17)16-13-2-1-12(19)7-10(13)9-18/h1-2,7,11,16,18-19H,3-6,8-9H2,(H2,15,20). The van der Waals surface area contributed by atoms with E-state index in [4.69, 9.17) is 5.73 Å². The molecule has 0 saturated carbocycles. The van der Waals surface area contributed by atoms with Gasteiger partial charge in [0.25, 0.3) is 0 Å². The van der Waals surface area contributed by atoms with Crippen LogP contribution in [0.25, 0.3) is 0 Å². The van der Waals surface area contributed by atoms with E-state index in [0.717, 1.165) is 31.6 Å². The molecule has 2 rings (SSSR count). The minimum absolute atomic E-state index is 0.114. The molecule has 6 heteroatoms. The molecular weight excluding hydrogens is 258 g/mol. The Balaban J connectivity index is 1.91. The number of aliphatic hydroxyl groups is 1. The van der Waals surface area contributed by atoms with Crippen molar-refractivity contribution >= 4 is 11.6 Å². The van der Waals surface area contributed by atoms with Crippen LogP contribution >= 0.6 is 0 Å². The highest BCUT2D eigenvalue weighted by Gasteiger charge is 2.20. The summed E-state index contributed by atoms with van der Waals surface area (Å²) in [7, 11) is 0. The third kappa shape index (κ3) is 3.85. The van der Waals surface area contributed by atoms with Gasteiger partial charge in [0.15, 0.2) is 0 Å². The number of primary amides is 1. The summed E-state index contributed by atoms with van der Waals surface area (Å²) in [4.78, 5) is 12.9. The molecular formula is C14H21N3O3. The summed E-state index contributed by atoms with van der Waals surface area (Å²) in [5, 5.41) is 22.1. The van der Waals surface area contributed by atoms with Crippen molar-refractivity contribution in [1.82, 2.24) is 4.90 Å². The van der Waals surface area contributed by atoms with Crippen LogP contribution in [0.4, 0.5) is 5.69 Å². The van der Waals surface area contributed by atoms with E-state index in [-0.39, 0.29) is 18.3 Å². The van der Waals surface area contributed by atoms with Gasteiger partial charge in [-0.25, -0.2) is 0 Å². The zero-order valence-corrected chi connectivity index (χ0v) is 11.4. The molecule has 6 nitrogen and oxygen atoms in total. The third-order valence-electron chi connectivity index (χ3n) is 3.59. The Morgan fingerprint density at radius 2 is 2.10 bits per heavy atom. The van der Waals surface area contributed by atoms with E-state index in [2.05, 4.69) is 5.32 Å². The molecule has 1 aliphatic rings. The van der Waals surface area contributed by atoms with E-state index in [1.165, 1.54) is 0 Å². The normalized spacial score (nSPS) is 17.1. The molecule has 0 aromatic heterocycles. The average molecular weight is 279 g/mol. The molecule has 1 saturated heterocycles. The lowest BCUT2D eigenvalue weighted by Gasteiger charge is -2.32. The lowest BCUT2D eigenvalue weighted by molar-refractivity contribution is -0.119. The topological polar surface area (TPSA) is 98.8 Å². The van der Waals surface area contributed by atoms with E-state index in [1.54, 1.807) is 18.2 Å². The van der Waals surface area contributed by atoms with Gasteiger partial charge in [-0.1, -0.05) is 0 Å². The summed E-state index contributed by atoms with van der Waals surface area (Å²) in [6, 6.07) is 5.24. The van der Waals surface area contributed by atoms with Crippen LogP contribution in [0.1, 0.15) is 18.4 Å². The summed E-state index contributed by atoms with van der Waals surface area (Å²) in [5.74, 6) is -0.145. The van der Waals surface area contributed by atoms with Gasteiger partial charge >= 0.3 is 0 Å². The van der Waals surface area contributed by atoms with Crippen molar-refractivity contribution in [3.05, 3.63) is 23.8 Å². The lowest BCUT2D eigenvalue weighted by Crippen LogP contribution is -2.43. The molecule has 20 heavy (non-hydrogen) atoms. The van der Waals surface area contributed by atoms with Crippen molar-refractivity contribution in [2.45, 2.75) is 25.5 Å². The summed E-state index contributed by atoms with van der Waals surface area (Å²) >= 11 is 0. The number of aromatic hydroxyl groups is 1. The molecule has 0 atom stereocenters. The fraction of sp³-hybridized carbons (Fsp3) is 0.500. The fourth-order valence-corrected chi connectivity index (χ4v) is 2.53. The predicted molar refractivity (Wildman–Crippen MR) is 76.3 cm³/mol. The molecule has 1 heterocycles. The number of aliphatic hydroxyl groups excluding tert-OH is 1. The van der Waals surface area contributed by atoms with Gasteiger partial charge in [-0.2, -0.15) is 0 Å². The highest BCUT2D eigenvalue weighted by Crippen LogP contribution is 2.24. The minimum Gasteiger partial charge on any atom is -0.508 e. The van der Waals surface area contributed by atoms with Crippen LogP contribution in [0.2, 0.25) is 0 Å². The van der Waals surface area contributed by atoms with Gasteiger partial charge < -0.3 is 21.3 Å². The SMILES string of the molecule is NC(=O)CN1CCC(Nc2ccc(O)cc2CO)CC1. The molecule has 0 spiro atoms. The highest BCUT2D eigenvalue weighted by molar-refractivity contribution is 5.75. The Morgan fingerprint density at radius 1 is 1.40 bits per heavy atom. The first-order valence-electron chi connectivity index (χ1n) is 6.78. The number of phenolic OH excluding ortho intramolecular Hbond substituents is 1. The Bertz CT molecular complexity index is 471. The van der Waals surface area contributed by atoms with Crippen LogP contribution in [-0.2, 0) is 11.4 Å². The molecule has 0 aliphatic carbocycles. The quantitative estimate of drug-likeness (QED) is 0.579. The van der Waals surface area contributed by atoms with Gasteiger partial charge in [-0.05, 0) is 31.0 Å². The van der Waals surface area contributed by atoms with Crippen LogP contribution < -0.4 is 11.1 Å². The number of nitrogens with one attached hydrogen (secondary N) is 1. The molecule has 1 aliphatic heterocycles. The number of likely N-dealkylation sites (tertiary alicyclic amines) is 1. The second-order valence-electron chi connectivity index (χ2n) is 5.16. The fourth-order valence-electron chi connectivity index (χ4n) is 2.53. The predicted octanol–water partition coefficient (Wildman–Crippen LogP) is 0.246. The second-order valence-corrected chi connectivity index (χ2v) is 5.16. The Kier molecular flexibility index (Phi) is 4.81. The van der Waals surface area contributed by atoms with Gasteiger partial charge in [0.1, 0.15) is 5.75 Å². The van der Waals surface area contributed by atoms with Gasteiger partial charge in [0, 0.05) is 30.4 Å². The highest BCUT2D eigenvalue weighted by atomic mass is 16.3. The molecule has 5 N–H and O–H groups in total. The van der Waals surface area contributed by atoms with Crippen molar-refractivity contribution in [3.63, 3.8) is 0 Å². The number of anilines is 1. The van der Waals surface area contributed by atoms with Gasteiger partial charge in [0.05, 0.1) is 13.2 Å². The molecule has 0 unspecified atom stereocenters. The number of phenols is 1. The second kappa shape index (κ2) is 6.58. The molecule has 1 amide bonds. The zero-order valence-electron chi connectivity index (χ0n) is 11.4. The van der Waals surface area contributed by atoms with E-state index in [1.807, 2.05) is 4.90 Å². The average Bonchev–Trinajstić information content (AvgIpc) is 2.42. The van der Waals surface area contributed by atoms with Crippen LogP contribution in [0, 0.1) is 0 Å². The number of hydrogen-bond acceptors (Lipinski definition) is 5. The molecule has 1 aromatic rings. The number of carbonyl (C=O) groups is 1. The van der Waals surface area contributed by atoms with Crippen LogP contribution in [0.15, 0.2) is 18.2 Å². The summed E-state index contributed by atoms with van der Waals surface area (Å²) in [6.07, 6.45) is 1.83. The summed E-state index contributed by atoms with van der Waals surface area (Å²) in [5.41, 5.74) is 6.72. The van der Waals surface area contributed by atoms with Crippen molar-refractivity contribution in [3.8, 4) is 5.75 Å². The Hall–Kier alpha value is -1.79. The number of nitrogens with zero attached hydrogens (tertiary/aromatic N) is 1. The summed E-state index contributed by atoms with van der Waals surface area (Å²) in [6.45, 7) is 1.85. The van der Waals surface area contributed by atoms with E-state index >= 15 is 0 Å². The minimum atomic E-state index is -0.294. The van der Waals surface area contributed by atoms with E-state index in [9.17, 15) is 15.0 Å². The number of carbonyl (C=O) groups excluding carboxylic acids is 1. The number of amides is 1. The van der Waals surface area contributed by atoms with Crippen molar-refractivity contribution < 1.29 is 15.0 Å². The maximum Gasteiger partial charge on any atom is 0.231 e. The van der Waals surface area contributed by atoms with Crippen LogP contribution in [-0.4, -0.2) is 46.7 Å². The molecule has 110 valence electrons. The summed E-state index contributed by atoms with van der Waals surface area (Å²) < 4.78 is 0. The van der Waals surface area contributed by atoms with Gasteiger partial charge in [-0.3, -0.25) is 9.69 Å². The molecule has 0 bridgehead atoms. The number of rotatable bonds is 5. The monoisotopic (exact) mass is 279 g/mol. The van der Waals surface area contributed by atoms with Crippen molar-refractivity contribution in [1.29, 1.82) is 0 Å². The molecule has 0 radical (unpaired) electrons. The maximum atomic E-state index is 10.9. The number of benzene rings is 1. The van der Waals surface area contributed by atoms with Crippen LogP contribution in [0.3, 0.4) is 0 Å². The Morgan fingerprint density at radius 3 is 2.70 bits per heavy atom. The largest absolute Gasteiger partial charge is 0.508 e. The molecule has 1 fully saturated rings. The lowest BCUT2D eigenvalue weighted by atomic mass is 10.0. The number of piperidine rings is 1. The third-order valence-corrected chi connectivity index (χ3v) is 3.59.